The van der Waals surface area contributed by atoms with Gasteiger partial charge in [-0.2, -0.15) is 11.8 Å². The first-order chi connectivity index (χ1) is 7.13. The van der Waals surface area contributed by atoms with Crippen LogP contribution in [-0.2, 0) is 5.75 Å². The second-order valence-corrected chi connectivity index (χ2v) is 4.21. The summed E-state index contributed by atoms with van der Waals surface area (Å²) in [5, 5.41) is 17.7. The van der Waals surface area contributed by atoms with Crippen molar-refractivity contribution in [3.63, 3.8) is 0 Å². The average Bonchev–Trinajstić information content (AvgIpc) is 2.21. The Kier molecular flexibility index (Phi) is 10.9. The molecule has 1 unspecified atom stereocenters. The summed E-state index contributed by atoms with van der Waals surface area (Å²) in [5.74, 6) is 2.25. The fraction of sp³-hybridized carbons (Fsp3) is 0.556. The molecule has 5 nitrogen and oxygen atoms in total. The van der Waals surface area contributed by atoms with Gasteiger partial charge in [0.2, 0.25) is 0 Å². The lowest BCUT2D eigenvalue weighted by Crippen LogP contribution is -2.14. The van der Waals surface area contributed by atoms with Gasteiger partial charge in [-0.15, -0.1) is 24.8 Å². The smallest absolute Gasteiger partial charge is 0.131 e. The molecule has 0 aromatic carbocycles. The molecule has 0 saturated heterocycles. The maximum absolute atomic E-state index is 9.12. The van der Waals surface area contributed by atoms with Crippen LogP contribution in [0.4, 0.5) is 5.82 Å². The topological polar surface area (TPSA) is 92.3 Å². The predicted octanol–water partition coefficient (Wildman–Crippen LogP) is 0.797. The molecule has 4 N–H and O–H groups in total. The van der Waals surface area contributed by atoms with Crippen LogP contribution in [-0.4, -0.2) is 38.6 Å². The number of anilines is 1. The summed E-state index contributed by atoms with van der Waals surface area (Å²) in [6, 6.07) is 0. The number of aliphatic hydroxyl groups is 2. The number of nitrogens with two attached hydrogens (primary N) is 1. The second-order valence-electron chi connectivity index (χ2n) is 3.18. The van der Waals surface area contributed by atoms with E-state index in [1.807, 2.05) is 0 Å². The van der Waals surface area contributed by atoms with Crippen molar-refractivity contribution in [3.05, 3.63) is 17.6 Å². The second kappa shape index (κ2) is 9.73. The van der Waals surface area contributed by atoms with Gasteiger partial charge in [0.05, 0.1) is 12.7 Å². The molecule has 1 rings (SSSR count). The average molecular weight is 302 g/mol. The van der Waals surface area contributed by atoms with Gasteiger partial charge < -0.3 is 15.9 Å². The number of hydrogen-bond acceptors (Lipinski definition) is 6. The monoisotopic (exact) mass is 301 g/mol. The first kappa shape index (κ1) is 19.1. The molecule has 0 amide bonds. The van der Waals surface area contributed by atoms with Gasteiger partial charge in [-0.3, -0.25) is 0 Å². The van der Waals surface area contributed by atoms with Gasteiger partial charge in [0.25, 0.3) is 0 Å². The van der Waals surface area contributed by atoms with Gasteiger partial charge >= 0.3 is 0 Å². The van der Waals surface area contributed by atoms with Crippen molar-refractivity contribution in [1.29, 1.82) is 0 Å². The van der Waals surface area contributed by atoms with Crippen molar-refractivity contribution in [1.82, 2.24) is 9.97 Å². The first-order valence-corrected chi connectivity index (χ1v) is 5.73. The predicted molar refractivity (Wildman–Crippen MR) is 74.9 cm³/mol. The van der Waals surface area contributed by atoms with E-state index in [9.17, 15) is 0 Å². The van der Waals surface area contributed by atoms with Crippen molar-refractivity contribution >= 4 is 42.4 Å². The van der Waals surface area contributed by atoms with E-state index < -0.39 is 6.10 Å². The number of rotatable bonds is 5. The van der Waals surface area contributed by atoms with Crippen LogP contribution in [0.25, 0.3) is 0 Å². The zero-order chi connectivity index (χ0) is 11.3. The lowest BCUT2D eigenvalue weighted by molar-refractivity contribution is 0.113. The molecule has 0 aliphatic carbocycles. The van der Waals surface area contributed by atoms with E-state index in [4.69, 9.17) is 15.9 Å². The maximum Gasteiger partial charge on any atom is 0.131 e. The number of thioether (sulfide) groups is 1. The Hall–Kier alpha value is -0.270. The Labute approximate surface area is 117 Å². The molecule has 0 radical (unpaired) electrons. The molecule has 0 aliphatic heterocycles. The van der Waals surface area contributed by atoms with Crippen LogP contribution < -0.4 is 5.73 Å². The minimum atomic E-state index is -0.678. The number of hydrogen-bond donors (Lipinski definition) is 3. The summed E-state index contributed by atoms with van der Waals surface area (Å²) >= 11 is 1.49. The fourth-order valence-corrected chi connectivity index (χ4v) is 1.92. The highest BCUT2D eigenvalue weighted by atomic mass is 35.5. The van der Waals surface area contributed by atoms with Gasteiger partial charge in [0, 0.05) is 23.3 Å². The van der Waals surface area contributed by atoms with Crippen molar-refractivity contribution < 1.29 is 10.2 Å². The van der Waals surface area contributed by atoms with Crippen LogP contribution in [0.3, 0.4) is 0 Å². The molecule has 8 heteroatoms. The van der Waals surface area contributed by atoms with E-state index in [0.717, 1.165) is 5.56 Å². The van der Waals surface area contributed by atoms with E-state index in [0.29, 0.717) is 23.1 Å². The Balaban J connectivity index is 0. The van der Waals surface area contributed by atoms with E-state index in [1.54, 1.807) is 13.1 Å². The van der Waals surface area contributed by atoms with Gasteiger partial charge in [-0.25, -0.2) is 9.97 Å². The zero-order valence-electron chi connectivity index (χ0n) is 9.37. The highest BCUT2D eigenvalue weighted by molar-refractivity contribution is 7.98. The molecule has 1 aromatic heterocycles. The van der Waals surface area contributed by atoms with E-state index >= 15 is 0 Å². The molecule has 0 bridgehead atoms. The minimum absolute atomic E-state index is 0. The molecule has 17 heavy (non-hydrogen) atoms. The molecular weight excluding hydrogens is 285 g/mol. The van der Waals surface area contributed by atoms with Gasteiger partial charge in [-0.05, 0) is 6.92 Å². The normalized spacial score (nSPS) is 11.2. The fourth-order valence-electron chi connectivity index (χ4n) is 0.981. The summed E-state index contributed by atoms with van der Waals surface area (Å²) in [5.41, 5.74) is 6.55. The minimum Gasteiger partial charge on any atom is -0.394 e. The number of nitrogen functional groups attached to an aromatic ring is 1. The molecule has 0 spiro atoms. The SMILES string of the molecule is Cc1ncc(CSCC(O)CO)c(N)n1.Cl.Cl. The summed E-state index contributed by atoms with van der Waals surface area (Å²) in [7, 11) is 0. The van der Waals surface area contributed by atoms with Crippen LogP contribution in [0.1, 0.15) is 11.4 Å². The number of nitrogens with zero attached hydrogens (tertiary/aromatic N) is 2. The standard InChI is InChI=1S/C9H15N3O2S.2ClH/c1-6-11-2-7(9(10)12-6)4-15-5-8(14)3-13;;/h2,8,13-14H,3-5H2,1H3,(H2,10,11,12);2*1H. The Bertz CT molecular complexity index is 331. The number of halogens is 2. The van der Waals surface area contributed by atoms with Crippen LogP contribution in [0, 0.1) is 6.92 Å². The molecule has 0 fully saturated rings. The third-order valence-electron chi connectivity index (χ3n) is 1.80. The third kappa shape index (κ3) is 6.90. The number of aromatic nitrogens is 2. The van der Waals surface area contributed by atoms with Gasteiger partial charge in [-0.1, -0.05) is 0 Å². The van der Waals surface area contributed by atoms with E-state index in [-0.39, 0.29) is 31.4 Å². The molecule has 1 aromatic rings. The van der Waals surface area contributed by atoms with Crippen molar-refractivity contribution in [2.75, 3.05) is 18.1 Å². The summed E-state index contributed by atoms with van der Waals surface area (Å²) in [6.07, 6.45) is 1.01. The molecular formula is C9H17Cl2N3O2S. The van der Waals surface area contributed by atoms with E-state index in [2.05, 4.69) is 9.97 Å². The first-order valence-electron chi connectivity index (χ1n) is 4.58. The molecule has 0 aliphatic rings. The summed E-state index contributed by atoms with van der Waals surface area (Å²) in [6.45, 7) is 1.57. The molecule has 1 atom stereocenters. The van der Waals surface area contributed by atoms with Crippen molar-refractivity contribution in [2.24, 2.45) is 0 Å². The highest BCUT2D eigenvalue weighted by Gasteiger charge is 2.05. The zero-order valence-corrected chi connectivity index (χ0v) is 11.8. The number of aryl methyl sites for hydroxylation is 1. The van der Waals surface area contributed by atoms with Crippen molar-refractivity contribution in [3.8, 4) is 0 Å². The van der Waals surface area contributed by atoms with Gasteiger partial charge in [0.15, 0.2) is 0 Å². The Morgan fingerprint density at radius 1 is 1.47 bits per heavy atom. The Morgan fingerprint density at radius 3 is 2.65 bits per heavy atom. The van der Waals surface area contributed by atoms with Crippen molar-refractivity contribution in [2.45, 2.75) is 18.8 Å². The lowest BCUT2D eigenvalue weighted by atomic mass is 10.3. The van der Waals surface area contributed by atoms with Crippen LogP contribution in [0.5, 0.6) is 0 Å². The van der Waals surface area contributed by atoms with E-state index in [1.165, 1.54) is 11.8 Å². The maximum atomic E-state index is 9.12. The van der Waals surface area contributed by atoms with Crippen LogP contribution in [0.2, 0.25) is 0 Å². The third-order valence-corrected chi connectivity index (χ3v) is 2.93. The number of aliphatic hydroxyl groups excluding tert-OH is 2. The highest BCUT2D eigenvalue weighted by Crippen LogP contribution is 2.16. The quantitative estimate of drug-likeness (QED) is 0.745. The summed E-state index contributed by atoms with van der Waals surface area (Å²) in [4.78, 5) is 8.07. The van der Waals surface area contributed by atoms with Crippen LogP contribution >= 0.6 is 36.6 Å². The molecule has 1 heterocycles. The van der Waals surface area contributed by atoms with Gasteiger partial charge in [0.1, 0.15) is 11.6 Å². The Morgan fingerprint density at radius 2 is 2.12 bits per heavy atom. The van der Waals surface area contributed by atoms with Crippen LogP contribution in [0.15, 0.2) is 6.20 Å². The molecule has 100 valence electrons. The largest absolute Gasteiger partial charge is 0.394 e. The summed E-state index contributed by atoms with van der Waals surface area (Å²) < 4.78 is 0. The lowest BCUT2D eigenvalue weighted by Gasteiger charge is -2.07. The molecule has 0 saturated carbocycles.